The molecule has 18 heavy (non-hydrogen) atoms. The molecule has 0 aliphatic heterocycles. The summed E-state index contributed by atoms with van der Waals surface area (Å²) in [4.78, 5) is 38.3. The van der Waals surface area contributed by atoms with Crippen LogP contribution < -0.4 is 0 Å². The summed E-state index contributed by atoms with van der Waals surface area (Å²) < 4.78 is 23.9. The molecule has 8 nitrogen and oxygen atoms in total. The summed E-state index contributed by atoms with van der Waals surface area (Å²) >= 11 is 0. The van der Waals surface area contributed by atoms with Crippen LogP contribution in [0.5, 0.6) is 0 Å². The van der Waals surface area contributed by atoms with Gasteiger partial charge in [0.2, 0.25) is 0 Å². The Bertz CT molecular complexity index is 299. The third kappa shape index (κ3) is 10.2. The zero-order chi connectivity index (χ0) is 14.0. The van der Waals surface area contributed by atoms with Crippen LogP contribution in [0.2, 0.25) is 0 Å². The topological polar surface area (TPSA) is 119 Å². The molecule has 106 valence electrons. The van der Waals surface area contributed by atoms with E-state index in [4.69, 9.17) is 14.5 Å². The number of phosphoric acid groups is 1. The largest absolute Gasteiger partial charge is 0.469 e. The lowest BCUT2D eigenvalue weighted by molar-refractivity contribution is -0.156. The lowest BCUT2D eigenvalue weighted by atomic mass is 10.2. The smallest absolute Gasteiger partial charge is 0.464 e. The lowest BCUT2D eigenvalue weighted by Crippen LogP contribution is -2.28. The van der Waals surface area contributed by atoms with Crippen LogP contribution in [0.25, 0.3) is 0 Å². The highest BCUT2D eigenvalue weighted by Crippen LogP contribution is 2.35. The van der Waals surface area contributed by atoms with Crippen LogP contribution in [0.1, 0.15) is 26.2 Å². The summed E-state index contributed by atoms with van der Waals surface area (Å²) in [6, 6.07) is 0. The fourth-order valence-electron chi connectivity index (χ4n) is 1.01. The minimum Gasteiger partial charge on any atom is -0.464 e. The van der Waals surface area contributed by atoms with Crippen molar-refractivity contribution in [2.45, 2.75) is 32.3 Å². The van der Waals surface area contributed by atoms with E-state index in [9.17, 15) is 14.2 Å². The van der Waals surface area contributed by atoms with Crippen molar-refractivity contribution in [3.8, 4) is 0 Å². The first kappa shape index (κ1) is 17.1. The summed E-state index contributed by atoms with van der Waals surface area (Å²) in [6.07, 6.45) is 0.597. The molecule has 0 fully saturated rings. The van der Waals surface area contributed by atoms with E-state index in [2.05, 4.69) is 9.26 Å². The average molecular weight is 284 g/mol. The molecule has 0 bridgehead atoms. The van der Waals surface area contributed by atoms with Crippen LogP contribution in [0.3, 0.4) is 0 Å². The van der Waals surface area contributed by atoms with Crippen molar-refractivity contribution in [2.75, 3.05) is 13.2 Å². The number of hydrogen-bond donors (Lipinski definition) is 2. The molecule has 0 saturated heterocycles. The van der Waals surface area contributed by atoms with E-state index in [0.717, 1.165) is 6.42 Å². The molecular weight excluding hydrogens is 267 g/mol. The highest BCUT2D eigenvalue weighted by atomic mass is 31.2. The van der Waals surface area contributed by atoms with Gasteiger partial charge >= 0.3 is 13.8 Å². The third-order valence-corrected chi connectivity index (χ3v) is 2.30. The maximum atomic E-state index is 11.3. The standard InChI is InChI=1S/C9H17O8P/c1-2-3-4-9(11)17-8(5-15-7-10)6-16-18(12,13)14/h7-8H,2-6H2,1H3,(H2,12,13,14)/t8-/m0/s1. The molecule has 0 heterocycles. The highest BCUT2D eigenvalue weighted by Gasteiger charge is 2.21. The maximum absolute atomic E-state index is 11.3. The maximum Gasteiger partial charge on any atom is 0.469 e. The number of ether oxygens (including phenoxy) is 2. The molecule has 9 heteroatoms. The quantitative estimate of drug-likeness (QED) is 0.335. The van der Waals surface area contributed by atoms with Crippen LogP contribution in [0.15, 0.2) is 0 Å². The Kier molecular flexibility index (Phi) is 8.57. The van der Waals surface area contributed by atoms with Crippen LogP contribution in [0.4, 0.5) is 0 Å². The first-order chi connectivity index (χ1) is 8.39. The van der Waals surface area contributed by atoms with Gasteiger partial charge in [-0.1, -0.05) is 13.3 Å². The van der Waals surface area contributed by atoms with Gasteiger partial charge in [0.1, 0.15) is 6.61 Å². The van der Waals surface area contributed by atoms with Gasteiger partial charge in [0, 0.05) is 6.42 Å². The second kappa shape index (κ2) is 9.04. The van der Waals surface area contributed by atoms with Gasteiger partial charge < -0.3 is 19.3 Å². The molecule has 0 aliphatic carbocycles. The van der Waals surface area contributed by atoms with Gasteiger partial charge in [0.15, 0.2) is 6.10 Å². The Labute approximate surface area is 104 Å². The highest BCUT2D eigenvalue weighted by molar-refractivity contribution is 7.46. The fraction of sp³-hybridized carbons (Fsp3) is 0.778. The first-order valence-corrected chi connectivity index (χ1v) is 6.87. The van der Waals surface area contributed by atoms with Crippen molar-refractivity contribution in [3.05, 3.63) is 0 Å². The Hall–Kier alpha value is -0.950. The SMILES string of the molecule is CCCCC(=O)O[C@@H](COC=O)COP(=O)(O)O. The molecule has 0 saturated carbocycles. The number of unbranched alkanes of at least 4 members (excludes halogenated alkanes) is 1. The van der Waals surface area contributed by atoms with Crippen LogP contribution >= 0.6 is 7.82 Å². The minimum absolute atomic E-state index is 0.143. The molecule has 0 aromatic rings. The van der Waals surface area contributed by atoms with Crippen LogP contribution in [-0.2, 0) is 28.2 Å². The summed E-state index contributed by atoms with van der Waals surface area (Å²) in [5, 5.41) is 0. The zero-order valence-corrected chi connectivity index (χ0v) is 10.9. The number of hydrogen-bond acceptors (Lipinski definition) is 6. The summed E-state index contributed by atoms with van der Waals surface area (Å²) in [7, 11) is -4.65. The second-order valence-corrected chi connectivity index (χ2v) is 4.67. The number of esters is 1. The van der Waals surface area contributed by atoms with Crippen LogP contribution in [0, 0.1) is 0 Å². The summed E-state index contributed by atoms with van der Waals surface area (Å²) in [6.45, 7) is 1.18. The Balaban J connectivity index is 4.16. The van der Waals surface area contributed by atoms with Crippen LogP contribution in [-0.4, -0.2) is 41.5 Å². The molecule has 0 aliphatic rings. The van der Waals surface area contributed by atoms with E-state index >= 15 is 0 Å². The van der Waals surface area contributed by atoms with Gasteiger partial charge in [-0.3, -0.25) is 14.1 Å². The predicted molar refractivity (Wildman–Crippen MR) is 59.4 cm³/mol. The van der Waals surface area contributed by atoms with E-state index in [1.807, 2.05) is 6.92 Å². The third-order valence-electron chi connectivity index (χ3n) is 1.81. The van der Waals surface area contributed by atoms with Gasteiger partial charge in [-0.2, -0.15) is 0 Å². The number of rotatable bonds is 10. The minimum atomic E-state index is -4.65. The summed E-state index contributed by atoms with van der Waals surface area (Å²) in [5.41, 5.74) is 0. The van der Waals surface area contributed by atoms with Gasteiger partial charge in [-0.05, 0) is 6.42 Å². The van der Waals surface area contributed by atoms with Gasteiger partial charge in [-0.25, -0.2) is 4.57 Å². The molecule has 1 atom stereocenters. The first-order valence-electron chi connectivity index (χ1n) is 5.34. The van der Waals surface area contributed by atoms with E-state index in [0.29, 0.717) is 6.42 Å². The van der Waals surface area contributed by atoms with E-state index < -0.39 is 26.5 Å². The molecule has 0 spiro atoms. The van der Waals surface area contributed by atoms with Crippen molar-refractivity contribution in [3.63, 3.8) is 0 Å². The van der Waals surface area contributed by atoms with Gasteiger partial charge in [0.25, 0.3) is 6.47 Å². The monoisotopic (exact) mass is 284 g/mol. The molecule has 0 unspecified atom stereocenters. The predicted octanol–water partition coefficient (Wildman–Crippen LogP) is 0.371. The number of carbonyl (C=O) groups is 2. The average Bonchev–Trinajstić information content (AvgIpc) is 2.29. The normalized spacial score (nSPS) is 12.8. The van der Waals surface area contributed by atoms with E-state index in [-0.39, 0.29) is 19.5 Å². The van der Waals surface area contributed by atoms with Crippen molar-refractivity contribution >= 4 is 20.3 Å². The fourth-order valence-corrected chi connectivity index (χ4v) is 1.37. The molecule has 0 amide bonds. The number of carbonyl (C=O) groups excluding carboxylic acids is 2. The van der Waals surface area contributed by atoms with Gasteiger partial charge in [-0.15, -0.1) is 0 Å². The Morgan fingerprint density at radius 2 is 2.06 bits per heavy atom. The molecule has 0 radical (unpaired) electrons. The van der Waals surface area contributed by atoms with Crippen molar-refractivity contribution in [1.82, 2.24) is 0 Å². The van der Waals surface area contributed by atoms with Crippen molar-refractivity contribution < 1.29 is 37.9 Å². The molecular formula is C9H17O8P. The summed E-state index contributed by atoms with van der Waals surface area (Å²) in [5.74, 6) is -0.536. The molecule has 0 aromatic heterocycles. The van der Waals surface area contributed by atoms with Crippen molar-refractivity contribution in [1.29, 1.82) is 0 Å². The lowest BCUT2D eigenvalue weighted by Gasteiger charge is -2.17. The van der Waals surface area contributed by atoms with E-state index in [1.54, 1.807) is 0 Å². The Morgan fingerprint density at radius 1 is 1.39 bits per heavy atom. The van der Waals surface area contributed by atoms with Gasteiger partial charge in [0.05, 0.1) is 6.61 Å². The molecule has 0 aromatic carbocycles. The second-order valence-electron chi connectivity index (χ2n) is 3.43. The van der Waals surface area contributed by atoms with E-state index in [1.165, 1.54) is 0 Å². The Morgan fingerprint density at radius 3 is 2.56 bits per heavy atom. The van der Waals surface area contributed by atoms with Crippen molar-refractivity contribution in [2.24, 2.45) is 0 Å². The number of phosphoric ester groups is 1. The molecule has 0 rings (SSSR count). The zero-order valence-electron chi connectivity index (χ0n) is 9.98. The molecule has 2 N–H and O–H groups in total.